The van der Waals surface area contributed by atoms with Gasteiger partial charge in [0.1, 0.15) is 0 Å². The zero-order chi connectivity index (χ0) is 23.1. The van der Waals surface area contributed by atoms with Crippen LogP contribution >= 0.6 is 23.2 Å². The van der Waals surface area contributed by atoms with Gasteiger partial charge in [-0.25, -0.2) is 0 Å². The first-order valence-electron chi connectivity index (χ1n) is 11.4. The average molecular weight is 482 g/mol. The van der Waals surface area contributed by atoms with Crippen molar-refractivity contribution in [2.24, 2.45) is 0 Å². The number of halogens is 2. The summed E-state index contributed by atoms with van der Waals surface area (Å²) in [5, 5.41) is 10.7. The molecule has 0 aromatic heterocycles. The highest BCUT2D eigenvalue weighted by Gasteiger charge is 2.33. The van der Waals surface area contributed by atoms with E-state index < -0.39 is 0 Å². The Morgan fingerprint density at radius 3 is 2.69 bits per heavy atom. The molecule has 1 atom stereocenters. The zero-order valence-electron chi connectivity index (χ0n) is 18.7. The third kappa shape index (κ3) is 6.47. The Labute approximate surface area is 200 Å². The predicted molar refractivity (Wildman–Crippen MR) is 129 cm³/mol. The van der Waals surface area contributed by atoms with Crippen LogP contribution in [0.25, 0.3) is 6.08 Å². The molecule has 2 fully saturated rings. The third-order valence-electron chi connectivity index (χ3n) is 6.62. The van der Waals surface area contributed by atoms with Crippen molar-refractivity contribution in [3.05, 3.63) is 39.9 Å². The Bertz CT molecular complexity index is 848. The van der Waals surface area contributed by atoms with E-state index in [1.807, 2.05) is 4.90 Å². The van der Waals surface area contributed by atoms with E-state index in [-0.39, 0.29) is 24.0 Å². The van der Waals surface area contributed by atoms with Crippen molar-refractivity contribution in [3.63, 3.8) is 0 Å². The van der Waals surface area contributed by atoms with Crippen LogP contribution in [0.2, 0.25) is 10.0 Å². The molecule has 176 valence electrons. The number of hydrogen-bond donors (Lipinski definition) is 1. The van der Waals surface area contributed by atoms with E-state index in [0.717, 1.165) is 44.3 Å². The Hall–Kier alpha value is -1.60. The van der Waals surface area contributed by atoms with Gasteiger partial charge in [-0.2, -0.15) is 0 Å². The number of carbonyl (C=O) groups is 2. The van der Waals surface area contributed by atoms with E-state index in [1.54, 1.807) is 29.2 Å². The minimum Gasteiger partial charge on any atom is -0.394 e. The van der Waals surface area contributed by atoms with E-state index in [0.29, 0.717) is 42.6 Å². The van der Waals surface area contributed by atoms with Crippen LogP contribution < -0.4 is 0 Å². The molecule has 2 aliphatic heterocycles. The number of likely N-dealkylation sites (tertiary alicyclic amines) is 1. The van der Waals surface area contributed by atoms with Gasteiger partial charge >= 0.3 is 0 Å². The van der Waals surface area contributed by atoms with Gasteiger partial charge in [-0.1, -0.05) is 35.7 Å². The van der Waals surface area contributed by atoms with Gasteiger partial charge in [-0.05, 0) is 56.5 Å². The second-order valence-electron chi connectivity index (χ2n) is 8.92. The summed E-state index contributed by atoms with van der Waals surface area (Å²) in [7, 11) is 0. The highest BCUT2D eigenvalue weighted by Crippen LogP contribution is 2.27. The molecule has 0 spiro atoms. The molecular weight excluding hydrogens is 449 g/mol. The molecule has 1 aromatic rings. The number of nitrogens with zero attached hydrogens (tertiary/aromatic N) is 3. The second kappa shape index (κ2) is 11.5. The van der Waals surface area contributed by atoms with Crippen LogP contribution in [-0.2, 0) is 9.59 Å². The minimum atomic E-state index is -0.148. The summed E-state index contributed by atoms with van der Waals surface area (Å²) in [6.45, 7) is 6.33. The average Bonchev–Trinajstić information content (AvgIpc) is 2.97. The van der Waals surface area contributed by atoms with E-state index >= 15 is 0 Å². The summed E-state index contributed by atoms with van der Waals surface area (Å²) in [6, 6.07) is 5.21. The first-order valence-corrected chi connectivity index (χ1v) is 12.1. The van der Waals surface area contributed by atoms with Crippen LogP contribution in [0.1, 0.15) is 44.6 Å². The number of aliphatic hydroxyl groups excluding tert-OH is 1. The quantitative estimate of drug-likeness (QED) is 0.603. The van der Waals surface area contributed by atoms with Gasteiger partial charge in [-0.3, -0.25) is 14.5 Å². The van der Waals surface area contributed by atoms with Crippen LogP contribution in [0, 0.1) is 0 Å². The first-order chi connectivity index (χ1) is 15.3. The first kappa shape index (κ1) is 25.0. The van der Waals surface area contributed by atoms with Crippen LogP contribution in [0.4, 0.5) is 0 Å². The molecule has 3 rings (SSSR count). The normalized spacial score (nSPS) is 23.1. The molecule has 0 saturated carbocycles. The summed E-state index contributed by atoms with van der Waals surface area (Å²) >= 11 is 12.0. The van der Waals surface area contributed by atoms with Gasteiger partial charge in [0, 0.05) is 50.8 Å². The van der Waals surface area contributed by atoms with Gasteiger partial charge in [0.25, 0.3) is 0 Å². The molecule has 2 amide bonds. The fourth-order valence-electron chi connectivity index (χ4n) is 4.46. The van der Waals surface area contributed by atoms with Crippen molar-refractivity contribution < 1.29 is 14.7 Å². The number of piperidine rings is 1. The molecule has 32 heavy (non-hydrogen) atoms. The fraction of sp³-hybridized carbons (Fsp3) is 0.583. The summed E-state index contributed by atoms with van der Waals surface area (Å²) in [6.07, 6.45) is 7.76. The Morgan fingerprint density at radius 1 is 1.12 bits per heavy atom. The highest BCUT2D eigenvalue weighted by atomic mass is 35.5. The van der Waals surface area contributed by atoms with Crippen molar-refractivity contribution in [3.8, 4) is 0 Å². The number of benzene rings is 1. The maximum Gasteiger partial charge on any atom is 0.246 e. The van der Waals surface area contributed by atoms with Crippen molar-refractivity contribution in [2.75, 3.05) is 45.9 Å². The lowest BCUT2D eigenvalue weighted by Gasteiger charge is -2.44. The molecule has 1 aromatic carbocycles. The monoisotopic (exact) mass is 481 g/mol. The van der Waals surface area contributed by atoms with Gasteiger partial charge in [0.2, 0.25) is 11.8 Å². The van der Waals surface area contributed by atoms with E-state index in [9.17, 15) is 14.7 Å². The van der Waals surface area contributed by atoms with Crippen LogP contribution in [0.5, 0.6) is 0 Å². The lowest BCUT2D eigenvalue weighted by atomic mass is 9.89. The largest absolute Gasteiger partial charge is 0.394 e. The Balaban J connectivity index is 1.49. The topological polar surface area (TPSA) is 64.1 Å². The lowest BCUT2D eigenvalue weighted by Crippen LogP contribution is -2.52. The maximum absolute atomic E-state index is 12.6. The number of amides is 2. The molecule has 0 radical (unpaired) electrons. The van der Waals surface area contributed by atoms with Crippen LogP contribution in [-0.4, -0.2) is 83.0 Å². The molecule has 1 unspecified atom stereocenters. The molecule has 0 aliphatic carbocycles. The second-order valence-corrected chi connectivity index (χ2v) is 9.73. The van der Waals surface area contributed by atoms with Gasteiger partial charge < -0.3 is 14.9 Å². The highest BCUT2D eigenvalue weighted by molar-refractivity contribution is 6.42. The number of carbonyl (C=O) groups excluding carboxylic acids is 2. The number of hydrogen-bond acceptors (Lipinski definition) is 4. The van der Waals surface area contributed by atoms with Gasteiger partial charge in [-0.15, -0.1) is 0 Å². The summed E-state index contributed by atoms with van der Waals surface area (Å²) in [4.78, 5) is 31.2. The fourth-order valence-corrected chi connectivity index (χ4v) is 4.77. The predicted octanol–water partition coefficient (Wildman–Crippen LogP) is 3.69. The molecule has 2 saturated heterocycles. The Morgan fingerprint density at radius 2 is 1.94 bits per heavy atom. The van der Waals surface area contributed by atoms with Crippen molar-refractivity contribution in [2.45, 2.75) is 44.6 Å². The maximum atomic E-state index is 12.6. The van der Waals surface area contributed by atoms with Gasteiger partial charge in [0.05, 0.1) is 16.7 Å². The zero-order valence-corrected chi connectivity index (χ0v) is 20.2. The third-order valence-corrected chi connectivity index (χ3v) is 7.35. The Kier molecular flexibility index (Phi) is 9.00. The smallest absolute Gasteiger partial charge is 0.246 e. The van der Waals surface area contributed by atoms with Crippen molar-refractivity contribution >= 4 is 41.1 Å². The molecular formula is C24H33Cl2N3O3. The van der Waals surface area contributed by atoms with Gasteiger partial charge in [0.15, 0.2) is 0 Å². The van der Waals surface area contributed by atoms with Crippen LogP contribution in [0.15, 0.2) is 24.3 Å². The number of aliphatic hydroxyl groups is 1. The molecule has 2 heterocycles. The molecule has 6 nitrogen and oxygen atoms in total. The lowest BCUT2D eigenvalue weighted by molar-refractivity contribution is -0.130. The summed E-state index contributed by atoms with van der Waals surface area (Å²) < 4.78 is 0. The van der Waals surface area contributed by atoms with E-state index in [1.165, 1.54) is 6.08 Å². The van der Waals surface area contributed by atoms with Crippen molar-refractivity contribution in [1.82, 2.24) is 14.7 Å². The molecule has 8 heteroatoms. The van der Waals surface area contributed by atoms with Crippen LogP contribution in [0.3, 0.4) is 0 Å². The minimum absolute atomic E-state index is 0.0947. The SMILES string of the molecule is CC1(CO)CCCCN1CCCN1CCN(C(=O)C=Cc2ccc(Cl)c(Cl)c2)CCC1=O. The summed E-state index contributed by atoms with van der Waals surface area (Å²) in [5.74, 6) is -0.0184. The molecule has 2 aliphatic rings. The molecule has 1 N–H and O–H groups in total. The summed E-state index contributed by atoms with van der Waals surface area (Å²) in [5.41, 5.74) is 0.651. The standard InChI is InChI=1S/C24H33Cl2N3O3/c1-24(18-30)10-2-3-12-29(24)13-4-11-27-15-16-28(14-9-23(27)32)22(31)8-6-19-5-7-20(25)21(26)17-19/h5-8,17,30H,2-4,9-16,18H2,1H3. The van der Waals surface area contributed by atoms with Crippen molar-refractivity contribution in [1.29, 1.82) is 0 Å². The van der Waals surface area contributed by atoms with E-state index in [4.69, 9.17) is 23.2 Å². The molecule has 0 bridgehead atoms. The number of rotatable bonds is 7. The van der Waals surface area contributed by atoms with E-state index in [2.05, 4.69) is 11.8 Å².